The van der Waals surface area contributed by atoms with E-state index < -0.39 is 5.41 Å². The smallest absolute Gasteiger partial charge is 0.240 e. The van der Waals surface area contributed by atoms with E-state index >= 15 is 0 Å². The molecule has 1 N–H and O–H groups in total. The molecule has 1 fully saturated rings. The highest BCUT2D eigenvalue weighted by molar-refractivity contribution is 5.86. The molecule has 0 aliphatic heterocycles. The third-order valence-corrected chi connectivity index (χ3v) is 3.15. The summed E-state index contributed by atoms with van der Waals surface area (Å²) >= 11 is 0. The number of nitrogens with zero attached hydrogens (tertiary/aromatic N) is 1. The van der Waals surface area contributed by atoms with Gasteiger partial charge in [0.1, 0.15) is 5.41 Å². The van der Waals surface area contributed by atoms with Crippen LogP contribution in [-0.4, -0.2) is 5.91 Å². The van der Waals surface area contributed by atoms with Gasteiger partial charge < -0.3 is 5.32 Å². The van der Waals surface area contributed by atoms with Crippen molar-refractivity contribution >= 4 is 5.91 Å². The molecule has 1 saturated carbocycles. The first-order chi connectivity index (χ1) is 7.77. The van der Waals surface area contributed by atoms with Crippen LogP contribution in [0.2, 0.25) is 0 Å². The number of benzene rings is 1. The molecule has 0 aromatic heterocycles. The molecule has 0 saturated heterocycles. The van der Waals surface area contributed by atoms with Crippen molar-refractivity contribution in [3.63, 3.8) is 0 Å². The van der Waals surface area contributed by atoms with Gasteiger partial charge in [0.25, 0.3) is 0 Å². The van der Waals surface area contributed by atoms with Gasteiger partial charge in [0, 0.05) is 6.54 Å². The zero-order valence-electron chi connectivity index (χ0n) is 9.07. The van der Waals surface area contributed by atoms with E-state index in [1.165, 1.54) is 0 Å². The number of carbonyl (C=O) groups is 1. The Balaban J connectivity index is 1.92. The van der Waals surface area contributed by atoms with Crippen LogP contribution in [0.1, 0.15) is 24.8 Å². The van der Waals surface area contributed by atoms with Crippen molar-refractivity contribution in [3.8, 4) is 6.07 Å². The van der Waals surface area contributed by atoms with Crippen molar-refractivity contribution in [2.75, 3.05) is 0 Å². The first-order valence-electron chi connectivity index (χ1n) is 5.50. The first kappa shape index (κ1) is 10.7. The van der Waals surface area contributed by atoms with Crippen molar-refractivity contribution in [2.24, 2.45) is 5.41 Å². The van der Waals surface area contributed by atoms with Gasteiger partial charge in [-0.25, -0.2) is 0 Å². The van der Waals surface area contributed by atoms with E-state index in [-0.39, 0.29) is 5.91 Å². The molecule has 0 atom stereocenters. The molecule has 0 spiro atoms. The lowest BCUT2D eigenvalue weighted by atomic mass is 9.69. The zero-order chi connectivity index (χ0) is 11.4. The monoisotopic (exact) mass is 214 g/mol. The van der Waals surface area contributed by atoms with E-state index in [1.807, 2.05) is 30.3 Å². The maximum absolute atomic E-state index is 11.8. The molecule has 16 heavy (non-hydrogen) atoms. The highest BCUT2D eigenvalue weighted by Gasteiger charge is 2.44. The molecular formula is C13H14N2O. The fraction of sp³-hybridized carbons (Fsp3) is 0.385. The van der Waals surface area contributed by atoms with Gasteiger partial charge in [0.2, 0.25) is 5.91 Å². The third-order valence-electron chi connectivity index (χ3n) is 3.15. The first-order valence-corrected chi connectivity index (χ1v) is 5.50. The van der Waals surface area contributed by atoms with Crippen molar-refractivity contribution < 1.29 is 4.79 Å². The second kappa shape index (κ2) is 4.36. The van der Waals surface area contributed by atoms with Crippen LogP contribution < -0.4 is 5.32 Å². The van der Waals surface area contributed by atoms with Crippen LogP contribution >= 0.6 is 0 Å². The van der Waals surface area contributed by atoms with Gasteiger partial charge in [-0.15, -0.1) is 0 Å². The summed E-state index contributed by atoms with van der Waals surface area (Å²) in [6, 6.07) is 11.9. The van der Waals surface area contributed by atoms with E-state index in [4.69, 9.17) is 5.26 Å². The molecule has 3 nitrogen and oxygen atoms in total. The third kappa shape index (κ3) is 1.92. The summed E-state index contributed by atoms with van der Waals surface area (Å²) in [6.45, 7) is 0.503. The Labute approximate surface area is 95.1 Å². The van der Waals surface area contributed by atoms with Gasteiger partial charge in [-0.2, -0.15) is 5.26 Å². The molecular weight excluding hydrogens is 200 g/mol. The maximum atomic E-state index is 11.8. The summed E-state index contributed by atoms with van der Waals surface area (Å²) in [7, 11) is 0. The Morgan fingerprint density at radius 1 is 1.38 bits per heavy atom. The van der Waals surface area contributed by atoms with Crippen molar-refractivity contribution in [3.05, 3.63) is 35.9 Å². The lowest BCUT2D eigenvalue weighted by Crippen LogP contribution is -2.44. The number of hydrogen-bond donors (Lipinski definition) is 1. The Bertz CT molecular complexity index is 415. The van der Waals surface area contributed by atoms with E-state index in [2.05, 4.69) is 11.4 Å². The molecule has 0 heterocycles. The summed E-state index contributed by atoms with van der Waals surface area (Å²) in [5, 5.41) is 11.8. The topological polar surface area (TPSA) is 52.9 Å². The van der Waals surface area contributed by atoms with E-state index in [0.29, 0.717) is 19.4 Å². The SMILES string of the molecule is N#CC1(C(=O)NCc2ccccc2)CCC1. The average molecular weight is 214 g/mol. The molecule has 0 unspecified atom stereocenters. The fourth-order valence-electron chi connectivity index (χ4n) is 1.87. The van der Waals surface area contributed by atoms with Crippen molar-refractivity contribution in [1.82, 2.24) is 5.32 Å². The molecule has 0 radical (unpaired) electrons. The zero-order valence-corrected chi connectivity index (χ0v) is 9.07. The van der Waals surface area contributed by atoms with Crippen LogP contribution in [0, 0.1) is 16.7 Å². The second-order valence-electron chi connectivity index (χ2n) is 4.22. The summed E-state index contributed by atoms with van der Waals surface area (Å²) < 4.78 is 0. The molecule has 3 heteroatoms. The van der Waals surface area contributed by atoms with Gasteiger partial charge in [-0.1, -0.05) is 30.3 Å². The predicted octanol–water partition coefficient (Wildman–Crippen LogP) is 2.00. The van der Waals surface area contributed by atoms with Crippen molar-refractivity contribution in [1.29, 1.82) is 5.26 Å². The largest absolute Gasteiger partial charge is 0.351 e. The maximum Gasteiger partial charge on any atom is 0.240 e. The van der Waals surface area contributed by atoms with Crippen LogP contribution in [0.3, 0.4) is 0 Å². The lowest BCUT2D eigenvalue weighted by Gasteiger charge is -2.33. The van der Waals surface area contributed by atoms with Gasteiger partial charge in [0.05, 0.1) is 6.07 Å². The summed E-state index contributed by atoms with van der Waals surface area (Å²) in [5.41, 5.74) is 0.317. The Hall–Kier alpha value is -1.82. The lowest BCUT2D eigenvalue weighted by molar-refractivity contribution is -0.131. The molecule has 1 aromatic carbocycles. The highest BCUT2D eigenvalue weighted by atomic mass is 16.2. The van der Waals surface area contributed by atoms with Crippen molar-refractivity contribution in [2.45, 2.75) is 25.8 Å². The average Bonchev–Trinajstić information content (AvgIpc) is 2.27. The van der Waals surface area contributed by atoms with Crippen LogP contribution in [0.15, 0.2) is 30.3 Å². The normalized spacial score (nSPS) is 16.9. The minimum Gasteiger partial charge on any atom is -0.351 e. The molecule has 0 bridgehead atoms. The van der Waals surface area contributed by atoms with Crippen LogP contribution in [0.4, 0.5) is 0 Å². The second-order valence-corrected chi connectivity index (χ2v) is 4.22. The summed E-state index contributed by atoms with van der Waals surface area (Å²) in [6.07, 6.45) is 2.38. The van der Waals surface area contributed by atoms with Gasteiger partial charge in [0.15, 0.2) is 0 Å². The van der Waals surface area contributed by atoms with Crippen LogP contribution in [0.25, 0.3) is 0 Å². The molecule has 1 aliphatic rings. The highest BCUT2D eigenvalue weighted by Crippen LogP contribution is 2.40. The number of nitriles is 1. The quantitative estimate of drug-likeness (QED) is 0.836. The van der Waals surface area contributed by atoms with E-state index in [0.717, 1.165) is 12.0 Å². The minimum absolute atomic E-state index is 0.120. The number of nitrogens with one attached hydrogen (secondary N) is 1. The standard InChI is InChI=1S/C13H14N2O/c14-10-13(7-4-8-13)12(16)15-9-11-5-2-1-3-6-11/h1-3,5-6H,4,7-9H2,(H,15,16). The van der Waals surface area contributed by atoms with Crippen LogP contribution in [0.5, 0.6) is 0 Å². The van der Waals surface area contributed by atoms with E-state index in [9.17, 15) is 4.79 Å². The van der Waals surface area contributed by atoms with Gasteiger partial charge in [-0.3, -0.25) is 4.79 Å². The molecule has 1 aromatic rings. The molecule has 1 aliphatic carbocycles. The Morgan fingerprint density at radius 3 is 2.56 bits per heavy atom. The van der Waals surface area contributed by atoms with E-state index in [1.54, 1.807) is 0 Å². The summed E-state index contributed by atoms with van der Waals surface area (Å²) in [4.78, 5) is 11.8. The number of amides is 1. The Morgan fingerprint density at radius 2 is 2.06 bits per heavy atom. The fourth-order valence-corrected chi connectivity index (χ4v) is 1.87. The summed E-state index contributed by atoms with van der Waals surface area (Å²) in [5.74, 6) is -0.120. The molecule has 1 amide bonds. The molecule has 2 rings (SSSR count). The van der Waals surface area contributed by atoms with Gasteiger partial charge in [-0.05, 0) is 24.8 Å². The Kier molecular flexibility index (Phi) is 2.91. The van der Waals surface area contributed by atoms with Crippen LogP contribution in [-0.2, 0) is 11.3 Å². The van der Waals surface area contributed by atoms with Gasteiger partial charge >= 0.3 is 0 Å². The number of hydrogen-bond acceptors (Lipinski definition) is 2. The number of carbonyl (C=O) groups excluding carboxylic acids is 1. The minimum atomic E-state index is -0.741. The molecule has 82 valence electrons. The predicted molar refractivity (Wildman–Crippen MR) is 60.2 cm³/mol. The number of rotatable bonds is 3.